The van der Waals surface area contributed by atoms with Crippen molar-refractivity contribution in [3.05, 3.63) is 66.0 Å². The van der Waals surface area contributed by atoms with Gasteiger partial charge in [-0.1, -0.05) is 36.4 Å². The van der Waals surface area contributed by atoms with Crippen molar-refractivity contribution in [1.82, 2.24) is 14.7 Å². The van der Waals surface area contributed by atoms with Crippen molar-refractivity contribution in [2.24, 2.45) is 7.05 Å². The molecule has 3 aromatic rings. The minimum atomic E-state index is -0.652. The molecular formula is C24H30FN3O4. The van der Waals surface area contributed by atoms with Crippen LogP contribution in [-0.2, 0) is 23.1 Å². The van der Waals surface area contributed by atoms with Crippen molar-refractivity contribution in [2.75, 3.05) is 40.5 Å². The summed E-state index contributed by atoms with van der Waals surface area (Å²) in [5.74, 6) is 0.522. The van der Waals surface area contributed by atoms with Crippen LogP contribution >= 0.6 is 0 Å². The highest BCUT2D eigenvalue weighted by atomic mass is 19.1. The van der Waals surface area contributed by atoms with E-state index in [0.29, 0.717) is 37.9 Å². The van der Waals surface area contributed by atoms with E-state index in [4.69, 9.17) is 19.3 Å². The molecule has 1 heterocycles. The van der Waals surface area contributed by atoms with E-state index >= 15 is 0 Å². The average molecular weight is 444 g/mol. The molecule has 2 aromatic carbocycles. The molecular weight excluding hydrogens is 413 g/mol. The highest BCUT2D eigenvalue weighted by Gasteiger charge is 2.23. The third-order valence-electron chi connectivity index (χ3n) is 4.97. The highest BCUT2D eigenvalue weighted by molar-refractivity contribution is 5.65. The first kappa shape index (κ1) is 23.9. The van der Waals surface area contributed by atoms with Gasteiger partial charge in [-0.2, -0.15) is 5.10 Å². The SMILES string of the molecule is COCCN(Cc1c(-c2ccccc2)nn(C)c1Oc1cccc(F)c1)C[C@@H](O)COC. The first-order valence-electron chi connectivity index (χ1n) is 10.4. The zero-order chi connectivity index (χ0) is 22.9. The van der Waals surface area contributed by atoms with Crippen LogP contribution in [0.25, 0.3) is 11.3 Å². The molecule has 0 spiro atoms. The molecule has 0 aliphatic heterocycles. The Morgan fingerprint density at radius 2 is 1.88 bits per heavy atom. The monoisotopic (exact) mass is 443 g/mol. The normalized spacial score (nSPS) is 12.3. The summed E-state index contributed by atoms with van der Waals surface area (Å²) in [6.07, 6.45) is -0.652. The van der Waals surface area contributed by atoms with Crippen LogP contribution in [0.1, 0.15) is 5.56 Å². The van der Waals surface area contributed by atoms with Gasteiger partial charge >= 0.3 is 0 Å². The number of aryl methyl sites for hydroxylation is 1. The molecule has 0 radical (unpaired) electrons. The molecule has 3 rings (SSSR count). The fourth-order valence-corrected chi connectivity index (χ4v) is 3.51. The number of aromatic nitrogens is 2. The maximum Gasteiger partial charge on any atom is 0.222 e. The molecule has 0 fully saturated rings. The van der Waals surface area contributed by atoms with E-state index in [9.17, 15) is 9.50 Å². The lowest BCUT2D eigenvalue weighted by Crippen LogP contribution is -2.36. The van der Waals surface area contributed by atoms with Gasteiger partial charge in [-0.3, -0.25) is 4.90 Å². The van der Waals surface area contributed by atoms with Gasteiger partial charge in [-0.15, -0.1) is 0 Å². The third-order valence-corrected chi connectivity index (χ3v) is 4.97. The number of aliphatic hydroxyl groups is 1. The molecule has 8 heteroatoms. The van der Waals surface area contributed by atoms with Gasteiger partial charge in [0.1, 0.15) is 17.3 Å². The smallest absolute Gasteiger partial charge is 0.222 e. The van der Waals surface area contributed by atoms with Gasteiger partial charge in [0, 0.05) is 52.5 Å². The van der Waals surface area contributed by atoms with Crippen molar-refractivity contribution in [3.63, 3.8) is 0 Å². The van der Waals surface area contributed by atoms with Crippen molar-refractivity contribution < 1.29 is 23.7 Å². The summed E-state index contributed by atoms with van der Waals surface area (Å²) in [6, 6.07) is 15.8. The third kappa shape index (κ3) is 6.37. The van der Waals surface area contributed by atoms with E-state index in [1.165, 1.54) is 12.1 Å². The molecule has 0 unspecified atom stereocenters. The van der Waals surface area contributed by atoms with E-state index in [1.54, 1.807) is 38.1 Å². The minimum absolute atomic E-state index is 0.231. The molecule has 0 aliphatic carbocycles. The molecule has 0 saturated heterocycles. The molecule has 32 heavy (non-hydrogen) atoms. The predicted molar refractivity (Wildman–Crippen MR) is 120 cm³/mol. The second-order valence-electron chi connectivity index (χ2n) is 7.52. The van der Waals surface area contributed by atoms with E-state index in [0.717, 1.165) is 16.8 Å². The Bertz CT molecular complexity index is 981. The summed E-state index contributed by atoms with van der Waals surface area (Å²) in [4.78, 5) is 2.06. The number of rotatable bonds is 12. The highest BCUT2D eigenvalue weighted by Crippen LogP contribution is 2.34. The second-order valence-corrected chi connectivity index (χ2v) is 7.52. The van der Waals surface area contributed by atoms with Crippen LogP contribution < -0.4 is 4.74 Å². The van der Waals surface area contributed by atoms with E-state index in [2.05, 4.69) is 4.90 Å². The predicted octanol–water partition coefficient (Wildman–Crippen LogP) is 3.47. The van der Waals surface area contributed by atoms with Crippen LogP contribution in [0.15, 0.2) is 54.6 Å². The first-order chi connectivity index (χ1) is 15.5. The summed E-state index contributed by atoms with van der Waals surface area (Å²) in [5, 5.41) is 15.0. The Kier molecular flexibility index (Phi) is 8.75. The number of hydrogen-bond donors (Lipinski definition) is 1. The van der Waals surface area contributed by atoms with Gasteiger partial charge in [0.15, 0.2) is 0 Å². The van der Waals surface area contributed by atoms with Gasteiger partial charge in [-0.05, 0) is 12.1 Å². The van der Waals surface area contributed by atoms with Gasteiger partial charge in [-0.25, -0.2) is 9.07 Å². The van der Waals surface area contributed by atoms with Gasteiger partial charge in [0.25, 0.3) is 0 Å². The summed E-state index contributed by atoms with van der Waals surface area (Å²) in [7, 11) is 4.99. The van der Waals surface area contributed by atoms with Crippen molar-refractivity contribution in [1.29, 1.82) is 0 Å². The minimum Gasteiger partial charge on any atom is -0.439 e. The lowest BCUT2D eigenvalue weighted by Gasteiger charge is -2.25. The van der Waals surface area contributed by atoms with Crippen LogP contribution in [0.2, 0.25) is 0 Å². The molecule has 0 bridgehead atoms. The Hall–Kier alpha value is -2.78. The zero-order valence-corrected chi connectivity index (χ0v) is 18.7. The summed E-state index contributed by atoms with van der Waals surface area (Å²) >= 11 is 0. The molecule has 7 nitrogen and oxygen atoms in total. The average Bonchev–Trinajstić information content (AvgIpc) is 3.08. The van der Waals surface area contributed by atoms with Gasteiger partial charge in [0.2, 0.25) is 5.88 Å². The van der Waals surface area contributed by atoms with Crippen molar-refractivity contribution >= 4 is 0 Å². The van der Waals surface area contributed by atoms with E-state index in [-0.39, 0.29) is 12.4 Å². The Balaban J connectivity index is 1.99. The van der Waals surface area contributed by atoms with Gasteiger partial charge < -0.3 is 19.3 Å². The number of benzene rings is 2. The fourth-order valence-electron chi connectivity index (χ4n) is 3.51. The lowest BCUT2D eigenvalue weighted by molar-refractivity contribution is 0.0292. The first-order valence-corrected chi connectivity index (χ1v) is 10.4. The number of halogens is 1. The second kappa shape index (κ2) is 11.7. The number of hydrogen-bond acceptors (Lipinski definition) is 6. The van der Waals surface area contributed by atoms with E-state index < -0.39 is 6.10 Å². The Morgan fingerprint density at radius 3 is 2.56 bits per heavy atom. The number of nitrogens with zero attached hydrogens (tertiary/aromatic N) is 3. The molecule has 1 atom stereocenters. The fraction of sp³-hybridized carbons (Fsp3) is 0.375. The molecule has 0 amide bonds. The number of methoxy groups -OCH3 is 2. The maximum atomic E-state index is 13.7. The molecule has 172 valence electrons. The van der Waals surface area contributed by atoms with Gasteiger partial charge in [0.05, 0.1) is 24.9 Å². The van der Waals surface area contributed by atoms with Crippen LogP contribution in [0.5, 0.6) is 11.6 Å². The maximum absolute atomic E-state index is 13.7. The van der Waals surface area contributed by atoms with E-state index in [1.807, 2.05) is 30.3 Å². The summed E-state index contributed by atoms with van der Waals surface area (Å²) in [6.45, 7) is 2.17. The lowest BCUT2D eigenvalue weighted by atomic mass is 10.1. The standard InChI is InChI=1S/C24H30FN3O4/c1-27-24(32-21-11-7-10-19(25)14-21)22(23(26-27)18-8-5-4-6-9-18)16-28(12-13-30-2)15-20(29)17-31-3/h4-11,14,20,29H,12-13,15-17H2,1-3H3/t20-/m1/s1. The molecule has 1 N–H and O–H groups in total. The topological polar surface area (TPSA) is 69.0 Å². The van der Waals surface area contributed by atoms with Crippen LogP contribution in [0, 0.1) is 5.82 Å². The molecule has 0 saturated carbocycles. The quantitative estimate of drug-likeness (QED) is 0.462. The van der Waals surface area contributed by atoms with Crippen LogP contribution in [0.3, 0.4) is 0 Å². The Morgan fingerprint density at radius 1 is 1.09 bits per heavy atom. The van der Waals surface area contributed by atoms with Crippen molar-refractivity contribution in [2.45, 2.75) is 12.6 Å². The Labute approximate surface area is 187 Å². The number of ether oxygens (including phenoxy) is 3. The molecule has 1 aromatic heterocycles. The molecule has 0 aliphatic rings. The largest absolute Gasteiger partial charge is 0.439 e. The van der Waals surface area contributed by atoms with Crippen LogP contribution in [0.4, 0.5) is 4.39 Å². The van der Waals surface area contributed by atoms with Crippen molar-refractivity contribution in [3.8, 4) is 22.9 Å². The number of aliphatic hydroxyl groups excluding tert-OH is 1. The van der Waals surface area contributed by atoms with Crippen LogP contribution in [-0.4, -0.2) is 66.4 Å². The summed E-state index contributed by atoms with van der Waals surface area (Å²) < 4.78 is 31.8. The summed E-state index contributed by atoms with van der Waals surface area (Å²) in [5.41, 5.74) is 2.54. The zero-order valence-electron chi connectivity index (χ0n) is 18.7.